The average Bonchev–Trinajstić information content (AvgIpc) is 2.48. The number of aromatic nitrogens is 1. The standard InChI is InChI=1S/C17H18FN3O/c1-12-10-13(2)20-17(16(12)11-19)21(3)8-9-22-15-6-4-14(18)5-7-15/h4-7,10H,8-9H2,1-3H3. The summed E-state index contributed by atoms with van der Waals surface area (Å²) >= 11 is 0. The van der Waals surface area contributed by atoms with Crippen LogP contribution >= 0.6 is 0 Å². The summed E-state index contributed by atoms with van der Waals surface area (Å²) in [6, 6.07) is 9.99. The molecule has 0 N–H and O–H groups in total. The molecule has 0 radical (unpaired) electrons. The van der Waals surface area contributed by atoms with Crippen LogP contribution in [-0.2, 0) is 0 Å². The number of nitrogens with zero attached hydrogens (tertiary/aromatic N) is 3. The average molecular weight is 299 g/mol. The Morgan fingerprint density at radius 3 is 2.59 bits per heavy atom. The van der Waals surface area contributed by atoms with Crippen LogP contribution in [-0.4, -0.2) is 25.2 Å². The molecule has 4 nitrogen and oxygen atoms in total. The minimum atomic E-state index is -0.289. The normalized spacial score (nSPS) is 10.1. The maximum atomic E-state index is 12.8. The van der Waals surface area contributed by atoms with E-state index in [1.165, 1.54) is 12.1 Å². The Labute approximate surface area is 129 Å². The fourth-order valence-corrected chi connectivity index (χ4v) is 2.17. The van der Waals surface area contributed by atoms with Crippen LogP contribution in [0.5, 0.6) is 5.75 Å². The molecule has 0 aliphatic carbocycles. The van der Waals surface area contributed by atoms with Crippen molar-refractivity contribution in [2.75, 3.05) is 25.1 Å². The third kappa shape index (κ3) is 3.73. The SMILES string of the molecule is Cc1cc(C)c(C#N)c(N(C)CCOc2ccc(F)cc2)n1. The van der Waals surface area contributed by atoms with Crippen LogP contribution in [0.3, 0.4) is 0 Å². The van der Waals surface area contributed by atoms with E-state index in [0.717, 1.165) is 11.3 Å². The fraction of sp³-hybridized carbons (Fsp3) is 0.294. The Kier molecular flexibility index (Phi) is 4.95. The van der Waals surface area contributed by atoms with E-state index >= 15 is 0 Å². The second-order valence-corrected chi connectivity index (χ2v) is 5.11. The molecule has 2 rings (SSSR count). The highest BCUT2D eigenvalue weighted by atomic mass is 19.1. The first-order valence-corrected chi connectivity index (χ1v) is 6.99. The predicted octanol–water partition coefficient (Wildman–Crippen LogP) is 3.22. The monoisotopic (exact) mass is 299 g/mol. The minimum absolute atomic E-state index is 0.289. The van der Waals surface area contributed by atoms with Crippen molar-refractivity contribution < 1.29 is 9.13 Å². The van der Waals surface area contributed by atoms with Crippen molar-refractivity contribution >= 4 is 5.82 Å². The molecule has 0 spiro atoms. The number of aryl methyl sites for hydroxylation is 2. The van der Waals surface area contributed by atoms with Crippen molar-refractivity contribution in [2.24, 2.45) is 0 Å². The number of likely N-dealkylation sites (N-methyl/N-ethyl adjacent to an activating group) is 1. The summed E-state index contributed by atoms with van der Waals surface area (Å²) in [7, 11) is 1.87. The Bertz CT molecular complexity index is 692. The van der Waals surface area contributed by atoms with E-state index in [0.29, 0.717) is 30.3 Å². The van der Waals surface area contributed by atoms with Crippen LogP contribution in [0.2, 0.25) is 0 Å². The quantitative estimate of drug-likeness (QED) is 0.850. The van der Waals surface area contributed by atoms with Gasteiger partial charge in [0.15, 0.2) is 0 Å². The molecule has 0 atom stereocenters. The van der Waals surface area contributed by atoms with Gasteiger partial charge >= 0.3 is 0 Å². The topological polar surface area (TPSA) is 49.2 Å². The van der Waals surface area contributed by atoms with Gasteiger partial charge in [-0.2, -0.15) is 5.26 Å². The number of nitriles is 1. The summed E-state index contributed by atoms with van der Waals surface area (Å²) in [5, 5.41) is 9.29. The zero-order valence-corrected chi connectivity index (χ0v) is 12.9. The molecule has 1 aromatic heterocycles. The number of benzene rings is 1. The molecule has 114 valence electrons. The largest absolute Gasteiger partial charge is 0.492 e. The van der Waals surface area contributed by atoms with Crippen molar-refractivity contribution in [1.29, 1.82) is 5.26 Å². The summed E-state index contributed by atoms with van der Waals surface area (Å²) in [5.74, 6) is 0.981. The van der Waals surface area contributed by atoms with E-state index in [1.807, 2.05) is 31.9 Å². The van der Waals surface area contributed by atoms with E-state index in [2.05, 4.69) is 11.1 Å². The van der Waals surface area contributed by atoms with Crippen LogP contribution < -0.4 is 9.64 Å². The van der Waals surface area contributed by atoms with Gasteiger partial charge in [0.1, 0.15) is 30.1 Å². The highest BCUT2D eigenvalue weighted by Crippen LogP contribution is 2.20. The molecule has 0 amide bonds. The van der Waals surface area contributed by atoms with E-state index in [4.69, 9.17) is 4.74 Å². The van der Waals surface area contributed by atoms with Gasteiger partial charge in [0.05, 0.1) is 12.1 Å². The fourth-order valence-electron chi connectivity index (χ4n) is 2.17. The van der Waals surface area contributed by atoms with Crippen molar-refractivity contribution in [2.45, 2.75) is 13.8 Å². The Morgan fingerprint density at radius 2 is 1.95 bits per heavy atom. The van der Waals surface area contributed by atoms with Gasteiger partial charge in [-0.15, -0.1) is 0 Å². The van der Waals surface area contributed by atoms with Crippen molar-refractivity contribution in [3.63, 3.8) is 0 Å². The number of hydrogen-bond donors (Lipinski definition) is 0. The van der Waals surface area contributed by atoms with Crippen LogP contribution in [0.25, 0.3) is 0 Å². The molecule has 0 saturated heterocycles. The molecular formula is C17H18FN3O. The Hall–Kier alpha value is -2.61. The van der Waals surface area contributed by atoms with Crippen LogP contribution in [0.4, 0.5) is 10.2 Å². The lowest BCUT2D eigenvalue weighted by molar-refractivity contribution is 0.325. The first-order valence-electron chi connectivity index (χ1n) is 6.99. The molecule has 0 aliphatic heterocycles. The molecule has 22 heavy (non-hydrogen) atoms. The molecule has 0 unspecified atom stereocenters. The predicted molar refractivity (Wildman–Crippen MR) is 83.6 cm³/mol. The Balaban J connectivity index is 2.02. The van der Waals surface area contributed by atoms with Gasteiger partial charge in [-0.25, -0.2) is 9.37 Å². The number of halogens is 1. The number of hydrogen-bond acceptors (Lipinski definition) is 4. The summed E-state index contributed by atoms with van der Waals surface area (Å²) < 4.78 is 18.4. The molecule has 5 heteroatoms. The van der Waals surface area contributed by atoms with Crippen molar-refractivity contribution in [1.82, 2.24) is 4.98 Å². The number of anilines is 1. The van der Waals surface area contributed by atoms with Crippen LogP contribution in [0.1, 0.15) is 16.8 Å². The van der Waals surface area contributed by atoms with E-state index in [9.17, 15) is 9.65 Å². The van der Waals surface area contributed by atoms with Gasteiger partial charge in [-0.05, 0) is 49.7 Å². The zero-order valence-electron chi connectivity index (χ0n) is 12.9. The second kappa shape index (κ2) is 6.90. The van der Waals surface area contributed by atoms with E-state index in [-0.39, 0.29) is 5.82 Å². The lowest BCUT2D eigenvalue weighted by Crippen LogP contribution is -2.26. The van der Waals surface area contributed by atoms with Gasteiger partial charge in [0, 0.05) is 12.7 Å². The summed E-state index contributed by atoms with van der Waals surface area (Å²) in [6.45, 7) is 4.80. The van der Waals surface area contributed by atoms with Crippen molar-refractivity contribution in [3.8, 4) is 11.8 Å². The first kappa shape index (κ1) is 15.8. The maximum absolute atomic E-state index is 12.8. The number of pyridine rings is 1. The summed E-state index contributed by atoms with van der Waals surface area (Å²) in [6.07, 6.45) is 0. The smallest absolute Gasteiger partial charge is 0.146 e. The third-order valence-electron chi connectivity index (χ3n) is 3.31. The molecule has 1 aromatic carbocycles. The third-order valence-corrected chi connectivity index (χ3v) is 3.31. The van der Waals surface area contributed by atoms with Gasteiger partial charge < -0.3 is 9.64 Å². The molecular weight excluding hydrogens is 281 g/mol. The summed E-state index contributed by atoms with van der Waals surface area (Å²) in [5.41, 5.74) is 2.36. The Morgan fingerprint density at radius 1 is 1.27 bits per heavy atom. The highest BCUT2D eigenvalue weighted by molar-refractivity contribution is 5.57. The van der Waals surface area contributed by atoms with Gasteiger partial charge in [-0.1, -0.05) is 0 Å². The molecule has 0 saturated carbocycles. The first-order chi connectivity index (χ1) is 10.5. The molecule has 2 aromatic rings. The highest BCUT2D eigenvalue weighted by Gasteiger charge is 2.12. The van der Waals surface area contributed by atoms with E-state index < -0.39 is 0 Å². The summed E-state index contributed by atoms with van der Waals surface area (Å²) in [4.78, 5) is 6.33. The lowest BCUT2D eigenvalue weighted by Gasteiger charge is -2.20. The molecule has 0 bridgehead atoms. The van der Waals surface area contributed by atoms with Gasteiger partial charge in [0.25, 0.3) is 0 Å². The number of rotatable bonds is 5. The zero-order chi connectivity index (χ0) is 16.1. The van der Waals surface area contributed by atoms with Crippen LogP contribution in [0, 0.1) is 31.0 Å². The molecule has 1 heterocycles. The van der Waals surface area contributed by atoms with Crippen LogP contribution in [0.15, 0.2) is 30.3 Å². The maximum Gasteiger partial charge on any atom is 0.146 e. The number of ether oxygens (including phenoxy) is 1. The molecule has 0 aliphatic rings. The van der Waals surface area contributed by atoms with Crippen molar-refractivity contribution in [3.05, 3.63) is 53.0 Å². The van der Waals surface area contributed by atoms with Gasteiger partial charge in [0.2, 0.25) is 0 Å². The lowest BCUT2D eigenvalue weighted by atomic mass is 10.1. The van der Waals surface area contributed by atoms with E-state index in [1.54, 1.807) is 12.1 Å². The minimum Gasteiger partial charge on any atom is -0.492 e. The second-order valence-electron chi connectivity index (χ2n) is 5.11. The molecule has 0 fully saturated rings. The van der Waals surface area contributed by atoms with Gasteiger partial charge in [-0.3, -0.25) is 0 Å².